The van der Waals surface area contributed by atoms with E-state index in [1.54, 1.807) is 12.3 Å². The van der Waals surface area contributed by atoms with Gasteiger partial charge >= 0.3 is 0 Å². The topological polar surface area (TPSA) is 37.7 Å². The molecule has 0 amide bonds. The number of pyridine rings is 1. The third kappa shape index (κ3) is 4.49. The molecule has 0 spiro atoms. The third-order valence-electron chi connectivity index (χ3n) is 7.01. The highest BCUT2D eigenvalue weighted by Gasteiger charge is 2.30. The molecule has 5 rings (SSSR count). The summed E-state index contributed by atoms with van der Waals surface area (Å²) in [5.74, 6) is 0.489. The fraction of sp³-hybridized carbons (Fsp3) is 0.444. The Bertz CT molecular complexity index is 1190. The number of unbranched alkanes of at least 4 members (excludes halogenated alkanes) is 1. The van der Waals surface area contributed by atoms with E-state index in [1.165, 1.54) is 23.5 Å². The molecule has 3 aromatic rings. The summed E-state index contributed by atoms with van der Waals surface area (Å²) in [4.78, 5) is 17.8. The summed E-state index contributed by atoms with van der Waals surface area (Å²) >= 11 is 0. The average molecular weight is 450 g/mol. The maximum absolute atomic E-state index is 15.2. The van der Waals surface area contributed by atoms with Crippen LogP contribution in [-0.4, -0.2) is 48.3 Å². The SMILES string of the molecule is CCCCOc1ccc2c(=O)n(-c3ccc(N4CC[C@@H](N5CCCC5)C4)c(F)c3)ccc2c1. The highest BCUT2D eigenvalue weighted by atomic mass is 19.1. The summed E-state index contributed by atoms with van der Waals surface area (Å²) in [5, 5.41) is 1.42. The standard InChI is InChI=1S/C27H32FN3O2/c1-2-3-16-33-23-7-8-24-20(17-23)10-15-31(27(24)32)21-6-9-26(25(28)18-21)30-14-11-22(19-30)29-12-4-5-13-29/h6-10,15,17-18,22H,2-5,11-14,16,19H2,1H3/t22-/m1/s1. The Morgan fingerprint density at radius 1 is 1.06 bits per heavy atom. The van der Waals surface area contributed by atoms with Crippen molar-refractivity contribution in [3.8, 4) is 11.4 Å². The number of ether oxygens (including phenoxy) is 1. The second-order valence-corrected chi connectivity index (χ2v) is 9.21. The number of likely N-dealkylation sites (tertiary alicyclic amines) is 1. The molecule has 2 aliphatic rings. The van der Waals surface area contributed by atoms with Crippen LogP contribution < -0.4 is 15.2 Å². The third-order valence-corrected chi connectivity index (χ3v) is 7.01. The van der Waals surface area contributed by atoms with Gasteiger partial charge in [0.05, 0.1) is 18.0 Å². The van der Waals surface area contributed by atoms with Gasteiger partial charge in [0, 0.05) is 36.8 Å². The molecule has 0 unspecified atom stereocenters. The van der Waals surface area contributed by atoms with Crippen LogP contribution in [0.3, 0.4) is 0 Å². The van der Waals surface area contributed by atoms with Crippen LogP contribution in [0.2, 0.25) is 0 Å². The summed E-state index contributed by atoms with van der Waals surface area (Å²) in [6.07, 6.45) is 7.41. The molecule has 33 heavy (non-hydrogen) atoms. The van der Waals surface area contributed by atoms with Crippen molar-refractivity contribution in [1.82, 2.24) is 9.47 Å². The van der Waals surface area contributed by atoms with Crippen LogP contribution >= 0.6 is 0 Å². The van der Waals surface area contributed by atoms with Crippen molar-refractivity contribution in [3.63, 3.8) is 0 Å². The maximum Gasteiger partial charge on any atom is 0.262 e. The number of hydrogen-bond donors (Lipinski definition) is 0. The number of nitrogens with zero attached hydrogens (tertiary/aromatic N) is 3. The molecule has 5 nitrogen and oxygen atoms in total. The van der Waals surface area contributed by atoms with Crippen LogP contribution in [0.4, 0.5) is 10.1 Å². The van der Waals surface area contributed by atoms with E-state index >= 15 is 4.39 Å². The average Bonchev–Trinajstić information content (AvgIpc) is 3.52. The largest absolute Gasteiger partial charge is 0.494 e. The number of hydrogen-bond acceptors (Lipinski definition) is 4. The van der Waals surface area contributed by atoms with Gasteiger partial charge in [-0.05, 0) is 80.6 Å². The molecule has 174 valence electrons. The molecule has 2 saturated heterocycles. The lowest BCUT2D eigenvalue weighted by molar-refractivity contribution is 0.260. The van der Waals surface area contributed by atoms with Crippen molar-refractivity contribution < 1.29 is 9.13 Å². The summed E-state index contributed by atoms with van der Waals surface area (Å²) in [6, 6.07) is 13.1. The Morgan fingerprint density at radius 3 is 2.70 bits per heavy atom. The quantitative estimate of drug-likeness (QED) is 0.477. The lowest BCUT2D eigenvalue weighted by Gasteiger charge is -2.25. The molecule has 2 aromatic carbocycles. The minimum absolute atomic E-state index is 0.157. The van der Waals surface area contributed by atoms with E-state index in [-0.39, 0.29) is 11.4 Å². The number of benzene rings is 2. The second kappa shape index (κ2) is 9.56. The minimum Gasteiger partial charge on any atom is -0.494 e. The maximum atomic E-state index is 15.2. The zero-order valence-electron chi connectivity index (χ0n) is 19.3. The smallest absolute Gasteiger partial charge is 0.262 e. The van der Waals surface area contributed by atoms with E-state index in [0.29, 0.717) is 29.4 Å². The van der Waals surface area contributed by atoms with E-state index < -0.39 is 0 Å². The predicted octanol–water partition coefficient (Wildman–Crippen LogP) is 4.98. The van der Waals surface area contributed by atoms with Crippen LogP contribution in [0, 0.1) is 5.82 Å². The lowest BCUT2D eigenvalue weighted by Crippen LogP contribution is -2.35. The van der Waals surface area contributed by atoms with Crippen LogP contribution in [0.5, 0.6) is 5.75 Å². The Morgan fingerprint density at radius 2 is 1.91 bits per heavy atom. The first-order valence-electron chi connectivity index (χ1n) is 12.2. The zero-order valence-corrected chi connectivity index (χ0v) is 19.3. The van der Waals surface area contributed by atoms with Crippen molar-refractivity contribution in [2.45, 2.75) is 45.1 Å². The minimum atomic E-state index is -0.277. The van der Waals surface area contributed by atoms with E-state index in [2.05, 4.69) is 16.7 Å². The predicted molar refractivity (Wildman–Crippen MR) is 131 cm³/mol. The number of anilines is 1. The van der Waals surface area contributed by atoms with E-state index in [4.69, 9.17) is 4.74 Å². The van der Waals surface area contributed by atoms with Crippen LogP contribution in [-0.2, 0) is 0 Å². The number of fused-ring (bicyclic) bond motifs is 1. The van der Waals surface area contributed by atoms with Gasteiger partial charge in [-0.3, -0.25) is 14.3 Å². The molecule has 0 saturated carbocycles. The van der Waals surface area contributed by atoms with Crippen molar-refractivity contribution in [1.29, 1.82) is 0 Å². The van der Waals surface area contributed by atoms with Gasteiger partial charge in [-0.2, -0.15) is 0 Å². The molecule has 2 fully saturated rings. The van der Waals surface area contributed by atoms with Crippen molar-refractivity contribution >= 4 is 16.5 Å². The zero-order chi connectivity index (χ0) is 22.8. The lowest BCUT2D eigenvalue weighted by atomic mass is 10.1. The van der Waals surface area contributed by atoms with E-state index in [1.807, 2.05) is 30.3 Å². The van der Waals surface area contributed by atoms with Gasteiger partial charge in [-0.25, -0.2) is 4.39 Å². The summed E-state index contributed by atoms with van der Waals surface area (Å²) in [7, 11) is 0. The van der Waals surface area contributed by atoms with Gasteiger partial charge in [-0.15, -0.1) is 0 Å². The van der Waals surface area contributed by atoms with E-state index in [0.717, 1.165) is 56.6 Å². The monoisotopic (exact) mass is 449 g/mol. The molecule has 0 bridgehead atoms. The number of rotatable bonds is 7. The van der Waals surface area contributed by atoms with Gasteiger partial charge in [0.15, 0.2) is 0 Å². The van der Waals surface area contributed by atoms with Gasteiger partial charge < -0.3 is 9.64 Å². The van der Waals surface area contributed by atoms with Gasteiger partial charge in [0.2, 0.25) is 0 Å². The molecular formula is C27H32FN3O2. The molecule has 0 aliphatic carbocycles. The fourth-order valence-electron chi connectivity index (χ4n) is 5.12. The molecule has 1 atom stereocenters. The highest BCUT2D eigenvalue weighted by Crippen LogP contribution is 2.29. The molecule has 1 aromatic heterocycles. The summed E-state index contributed by atoms with van der Waals surface area (Å²) in [5.41, 5.74) is 1.01. The van der Waals surface area contributed by atoms with Crippen LogP contribution in [0.25, 0.3) is 16.5 Å². The fourth-order valence-corrected chi connectivity index (χ4v) is 5.12. The molecule has 0 N–H and O–H groups in total. The van der Waals surface area contributed by atoms with Crippen molar-refractivity contribution in [3.05, 3.63) is 64.8 Å². The highest BCUT2D eigenvalue weighted by molar-refractivity contribution is 5.83. The van der Waals surface area contributed by atoms with Crippen LogP contribution in [0.1, 0.15) is 39.0 Å². The number of aromatic nitrogens is 1. The van der Waals surface area contributed by atoms with Crippen molar-refractivity contribution in [2.75, 3.05) is 37.7 Å². The van der Waals surface area contributed by atoms with Gasteiger partial charge in [-0.1, -0.05) is 13.3 Å². The van der Waals surface area contributed by atoms with Crippen molar-refractivity contribution in [2.24, 2.45) is 0 Å². The number of halogens is 1. The first kappa shape index (κ1) is 22.0. The summed E-state index contributed by atoms with van der Waals surface area (Å²) in [6.45, 7) is 6.86. The molecule has 6 heteroatoms. The first-order chi connectivity index (χ1) is 16.1. The Balaban J connectivity index is 1.36. The Kier molecular flexibility index (Phi) is 6.36. The normalized spacial score (nSPS) is 19.0. The summed E-state index contributed by atoms with van der Waals surface area (Å²) < 4.78 is 22.4. The molecule has 3 heterocycles. The van der Waals surface area contributed by atoms with Gasteiger partial charge in [0.25, 0.3) is 5.56 Å². The molecule has 0 radical (unpaired) electrons. The molecular weight excluding hydrogens is 417 g/mol. The first-order valence-corrected chi connectivity index (χ1v) is 12.2. The Labute approximate surface area is 194 Å². The van der Waals surface area contributed by atoms with Crippen LogP contribution in [0.15, 0.2) is 53.5 Å². The molecule has 2 aliphatic heterocycles. The second-order valence-electron chi connectivity index (χ2n) is 9.21. The Hall–Kier alpha value is -2.86. The van der Waals surface area contributed by atoms with Gasteiger partial charge in [0.1, 0.15) is 11.6 Å². The van der Waals surface area contributed by atoms with E-state index in [9.17, 15) is 4.79 Å².